The molecule has 0 atom stereocenters. The van der Waals surface area contributed by atoms with Gasteiger partial charge in [0.15, 0.2) is 0 Å². The SMILES string of the molecule is CCNC1(NCC)CCCN(C(=O)OCc2ccccc2)C1. The lowest BCUT2D eigenvalue weighted by Crippen LogP contribution is -2.66. The molecule has 1 amide bonds. The van der Waals surface area contributed by atoms with Gasteiger partial charge in [-0.25, -0.2) is 4.79 Å². The first kappa shape index (κ1) is 16.8. The topological polar surface area (TPSA) is 53.6 Å². The number of piperidine rings is 1. The second-order valence-electron chi connectivity index (χ2n) is 5.71. The number of carbonyl (C=O) groups is 1. The fraction of sp³-hybridized carbons (Fsp3) is 0.588. The van der Waals surface area contributed by atoms with Crippen LogP contribution in [0.1, 0.15) is 32.3 Å². The molecule has 1 aromatic rings. The maximum atomic E-state index is 12.3. The van der Waals surface area contributed by atoms with E-state index in [1.807, 2.05) is 30.3 Å². The molecule has 1 fully saturated rings. The van der Waals surface area contributed by atoms with Gasteiger partial charge in [-0.05, 0) is 31.5 Å². The first-order valence-electron chi connectivity index (χ1n) is 8.15. The number of likely N-dealkylation sites (N-methyl/N-ethyl adjacent to an activating group) is 2. The number of nitrogens with one attached hydrogen (secondary N) is 2. The van der Waals surface area contributed by atoms with E-state index in [2.05, 4.69) is 24.5 Å². The summed E-state index contributed by atoms with van der Waals surface area (Å²) >= 11 is 0. The van der Waals surface area contributed by atoms with E-state index >= 15 is 0 Å². The molecule has 122 valence electrons. The van der Waals surface area contributed by atoms with Crippen LogP contribution in [-0.4, -0.2) is 42.8 Å². The molecule has 1 aliphatic heterocycles. The van der Waals surface area contributed by atoms with Crippen molar-refractivity contribution >= 4 is 6.09 Å². The molecule has 1 heterocycles. The van der Waals surface area contributed by atoms with E-state index in [1.165, 1.54) is 0 Å². The van der Waals surface area contributed by atoms with Gasteiger partial charge >= 0.3 is 6.09 Å². The molecule has 22 heavy (non-hydrogen) atoms. The van der Waals surface area contributed by atoms with Gasteiger partial charge in [0.2, 0.25) is 0 Å². The molecular weight excluding hydrogens is 278 g/mol. The Morgan fingerprint density at radius 1 is 1.23 bits per heavy atom. The molecule has 1 saturated heterocycles. The first-order chi connectivity index (χ1) is 10.7. The minimum Gasteiger partial charge on any atom is -0.445 e. The van der Waals surface area contributed by atoms with Crippen LogP contribution in [0.5, 0.6) is 0 Å². The summed E-state index contributed by atoms with van der Waals surface area (Å²) in [6, 6.07) is 9.78. The molecule has 2 rings (SSSR count). The Morgan fingerprint density at radius 3 is 2.55 bits per heavy atom. The third-order valence-electron chi connectivity index (χ3n) is 3.99. The van der Waals surface area contributed by atoms with Gasteiger partial charge in [0.05, 0.1) is 12.2 Å². The zero-order chi connectivity index (χ0) is 15.8. The summed E-state index contributed by atoms with van der Waals surface area (Å²) in [5, 5.41) is 6.99. The van der Waals surface area contributed by atoms with Gasteiger partial charge < -0.3 is 9.64 Å². The van der Waals surface area contributed by atoms with E-state index in [1.54, 1.807) is 4.90 Å². The summed E-state index contributed by atoms with van der Waals surface area (Å²) in [6.45, 7) is 7.65. The smallest absolute Gasteiger partial charge is 0.410 e. The van der Waals surface area contributed by atoms with E-state index < -0.39 is 0 Å². The number of carbonyl (C=O) groups excluding carboxylic acids is 1. The summed E-state index contributed by atoms with van der Waals surface area (Å²) in [5.74, 6) is 0. The van der Waals surface area contributed by atoms with Crippen LogP contribution in [0.2, 0.25) is 0 Å². The van der Waals surface area contributed by atoms with Crippen LogP contribution in [0.4, 0.5) is 4.79 Å². The van der Waals surface area contributed by atoms with Crippen LogP contribution in [-0.2, 0) is 11.3 Å². The molecule has 1 aromatic carbocycles. The normalized spacial score (nSPS) is 17.3. The van der Waals surface area contributed by atoms with Crippen molar-refractivity contribution in [3.05, 3.63) is 35.9 Å². The predicted octanol–water partition coefficient (Wildman–Crippen LogP) is 2.33. The van der Waals surface area contributed by atoms with Crippen molar-refractivity contribution in [1.82, 2.24) is 15.5 Å². The fourth-order valence-electron chi connectivity index (χ4n) is 3.05. The maximum Gasteiger partial charge on any atom is 0.410 e. The van der Waals surface area contributed by atoms with Gasteiger partial charge in [0.25, 0.3) is 0 Å². The molecule has 0 aliphatic carbocycles. The van der Waals surface area contributed by atoms with Crippen LogP contribution < -0.4 is 10.6 Å². The summed E-state index contributed by atoms with van der Waals surface area (Å²) in [7, 11) is 0. The average molecular weight is 305 g/mol. The number of nitrogens with zero attached hydrogens (tertiary/aromatic N) is 1. The number of hydrogen-bond donors (Lipinski definition) is 2. The standard InChI is InChI=1S/C17H27N3O2/c1-3-18-17(19-4-2)11-8-12-20(14-17)16(21)22-13-15-9-6-5-7-10-15/h5-7,9-10,18-19H,3-4,8,11-14H2,1-2H3. The number of benzene rings is 1. The van der Waals surface area contributed by atoms with Gasteiger partial charge in [-0.3, -0.25) is 10.6 Å². The van der Waals surface area contributed by atoms with E-state index in [0.717, 1.165) is 38.0 Å². The molecule has 2 N–H and O–H groups in total. The van der Waals surface area contributed by atoms with Crippen molar-refractivity contribution in [2.75, 3.05) is 26.2 Å². The highest BCUT2D eigenvalue weighted by atomic mass is 16.6. The Kier molecular flexibility index (Phi) is 6.21. The zero-order valence-corrected chi connectivity index (χ0v) is 13.6. The van der Waals surface area contributed by atoms with Crippen LogP contribution in [0, 0.1) is 0 Å². The van der Waals surface area contributed by atoms with E-state index in [-0.39, 0.29) is 11.8 Å². The molecule has 0 unspecified atom stereocenters. The van der Waals surface area contributed by atoms with E-state index in [9.17, 15) is 4.79 Å². The third kappa shape index (κ3) is 4.45. The van der Waals surface area contributed by atoms with Crippen LogP contribution >= 0.6 is 0 Å². The molecule has 0 spiro atoms. The van der Waals surface area contributed by atoms with Crippen molar-refractivity contribution < 1.29 is 9.53 Å². The Bertz CT molecular complexity index is 453. The summed E-state index contributed by atoms with van der Waals surface area (Å²) in [6.07, 6.45) is 1.76. The van der Waals surface area contributed by atoms with Crippen molar-refractivity contribution in [2.24, 2.45) is 0 Å². The van der Waals surface area contributed by atoms with E-state index in [0.29, 0.717) is 13.2 Å². The first-order valence-corrected chi connectivity index (χ1v) is 8.15. The van der Waals surface area contributed by atoms with E-state index in [4.69, 9.17) is 4.74 Å². The average Bonchev–Trinajstić information content (AvgIpc) is 2.54. The number of likely N-dealkylation sites (tertiary alicyclic amines) is 1. The maximum absolute atomic E-state index is 12.3. The molecule has 0 bridgehead atoms. The summed E-state index contributed by atoms with van der Waals surface area (Å²) in [5.41, 5.74) is 0.825. The quantitative estimate of drug-likeness (QED) is 0.792. The van der Waals surface area contributed by atoms with Crippen molar-refractivity contribution in [3.8, 4) is 0 Å². The molecule has 0 saturated carbocycles. The lowest BCUT2D eigenvalue weighted by Gasteiger charge is -2.43. The van der Waals surface area contributed by atoms with Crippen molar-refractivity contribution in [2.45, 2.75) is 39.0 Å². The number of hydrogen-bond acceptors (Lipinski definition) is 4. The second-order valence-corrected chi connectivity index (χ2v) is 5.71. The minimum absolute atomic E-state index is 0.187. The third-order valence-corrected chi connectivity index (χ3v) is 3.99. The van der Waals surface area contributed by atoms with Crippen molar-refractivity contribution in [3.63, 3.8) is 0 Å². The monoisotopic (exact) mass is 305 g/mol. The minimum atomic E-state index is -0.233. The molecular formula is C17H27N3O2. The Balaban J connectivity index is 1.91. The molecule has 5 heteroatoms. The number of ether oxygens (including phenoxy) is 1. The molecule has 0 aromatic heterocycles. The molecule has 1 aliphatic rings. The highest BCUT2D eigenvalue weighted by Gasteiger charge is 2.36. The number of amides is 1. The molecule has 0 radical (unpaired) electrons. The second kappa shape index (κ2) is 8.15. The zero-order valence-electron chi connectivity index (χ0n) is 13.6. The Morgan fingerprint density at radius 2 is 1.91 bits per heavy atom. The fourth-order valence-corrected chi connectivity index (χ4v) is 3.05. The lowest BCUT2D eigenvalue weighted by molar-refractivity contribution is 0.0566. The van der Waals surface area contributed by atoms with Crippen LogP contribution in [0.15, 0.2) is 30.3 Å². The van der Waals surface area contributed by atoms with Gasteiger partial charge in [0, 0.05) is 6.54 Å². The lowest BCUT2D eigenvalue weighted by atomic mass is 9.98. The highest BCUT2D eigenvalue weighted by Crippen LogP contribution is 2.19. The largest absolute Gasteiger partial charge is 0.445 e. The molecule has 5 nitrogen and oxygen atoms in total. The van der Waals surface area contributed by atoms with Gasteiger partial charge in [-0.15, -0.1) is 0 Å². The van der Waals surface area contributed by atoms with Gasteiger partial charge in [-0.2, -0.15) is 0 Å². The van der Waals surface area contributed by atoms with Crippen LogP contribution in [0.25, 0.3) is 0 Å². The predicted molar refractivity (Wildman–Crippen MR) is 87.5 cm³/mol. The Labute approximate surface area is 133 Å². The Hall–Kier alpha value is -1.59. The number of rotatable bonds is 6. The summed E-state index contributed by atoms with van der Waals surface area (Å²) < 4.78 is 5.45. The van der Waals surface area contributed by atoms with Gasteiger partial charge in [-0.1, -0.05) is 44.2 Å². The summed E-state index contributed by atoms with van der Waals surface area (Å²) in [4.78, 5) is 14.1. The van der Waals surface area contributed by atoms with Crippen LogP contribution in [0.3, 0.4) is 0 Å². The van der Waals surface area contributed by atoms with Gasteiger partial charge in [0.1, 0.15) is 6.61 Å². The highest BCUT2D eigenvalue weighted by molar-refractivity contribution is 5.68. The van der Waals surface area contributed by atoms with Crippen molar-refractivity contribution in [1.29, 1.82) is 0 Å².